The standard InChI is InChI=1S/C16H24N2O3/c1-3-20-12-7-6-10-18(11-12)15-13(16(19)21-4-2)8-5-9-14(15)17/h5,8-9,12H,3-4,6-7,10-11,17H2,1-2H3. The molecule has 1 aliphatic rings. The summed E-state index contributed by atoms with van der Waals surface area (Å²) in [7, 11) is 0. The first-order valence-corrected chi connectivity index (χ1v) is 7.59. The Hall–Kier alpha value is -1.75. The van der Waals surface area contributed by atoms with Gasteiger partial charge in [-0.05, 0) is 38.8 Å². The van der Waals surface area contributed by atoms with E-state index in [-0.39, 0.29) is 12.1 Å². The first-order valence-electron chi connectivity index (χ1n) is 7.59. The second kappa shape index (κ2) is 7.31. The van der Waals surface area contributed by atoms with Gasteiger partial charge in [-0.25, -0.2) is 4.79 Å². The number of hydrogen-bond acceptors (Lipinski definition) is 5. The molecule has 2 N–H and O–H groups in total. The zero-order chi connectivity index (χ0) is 15.2. The Morgan fingerprint density at radius 1 is 1.38 bits per heavy atom. The van der Waals surface area contributed by atoms with Crippen LogP contribution in [0.4, 0.5) is 11.4 Å². The maximum absolute atomic E-state index is 12.1. The average Bonchev–Trinajstić information content (AvgIpc) is 2.48. The summed E-state index contributed by atoms with van der Waals surface area (Å²) < 4.78 is 10.9. The van der Waals surface area contributed by atoms with Gasteiger partial charge >= 0.3 is 5.97 Å². The van der Waals surface area contributed by atoms with Gasteiger partial charge in [0.25, 0.3) is 0 Å². The highest BCUT2D eigenvalue weighted by Crippen LogP contribution is 2.31. The largest absolute Gasteiger partial charge is 0.462 e. The third kappa shape index (κ3) is 3.67. The fourth-order valence-electron chi connectivity index (χ4n) is 2.80. The fraction of sp³-hybridized carbons (Fsp3) is 0.562. The molecule has 1 fully saturated rings. The van der Waals surface area contributed by atoms with Gasteiger partial charge in [0.15, 0.2) is 0 Å². The zero-order valence-corrected chi connectivity index (χ0v) is 12.8. The average molecular weight is 292 g/mol. The summed E-state index contributed by atoms with van der Waals surface area (Å²) in [5.74, 6) is -0.321. The molecule has 0 saturated carbocycles. The number of nitrogens with zero attached hydrogens (tertiary/aromatic N) is 1. The summed E-state index contributed by atoms with van der Waals surface area (Å²) in [6.07, 6.45) is 2.27. The Morgan fingerprint density at radius 3 is 2.90 bits per heavy atom. The molecule has 0 aromatic heterocycles. The molecule has 0 aliphatic carbocycles. The molecule has 0 amide bonds. The first kappa shape index (κ1) is 15.6. The van der Waals surface area contributed by atoms with E-state index in [4.69, 9.17) is 15.2 Å². The molecular formula is C16H24N2O3. The summed E-state index contributed by atoms with van der Waals surface area (Å²) in [6.45, 7) is 6.50. The van der Waals surface area contributed by atoms with Crippen LogP contribution in [0.2, 0.25) is 0 Å². The van der Waals surface area contributed by atoms with Crippen molar-refractivity contribution in [2.75, 3.05) is 36.9 Å². The first-order chi connectivity index (χ1) is 10.2. The minimum Gasteiger partial charge on any atom is -0.462 e. The van der Waals surface area contributed by atoms with Gasteiger partial charge in [-0.2, -0.15) is 0 Å². The van der Waals surface area contributed by atoms with Crippen molar-refractivity contribution in [3.8, 4) is 0 Å². The van der Waals surface area contributed by atoms with E-state index in [2.05, 4.69) is 4.90 Å². The van der Waals surface area contributed by atoms with Crippen LogP contribution in [0, 0.1) is 0 Å². The van der Waals surface area contributed by atoms with E-state index < -0.39 is 0 Å². The number of piperidine rings is 1. The van der Waals surface area contributed by atoms with E-state index in [0.717, 1.165) is 31.6 Å². The maximum Gasteiger partial charge on any atom is 0.340 e. The van der Waals surface area contributed by atoms with E-state index in [1.165, 1.54) is 0 Å². The highest BCUT2D eigenvalue weighted by Gasteiger charge is 2.25. The normalized spacial score (nSPS) is 18.6. The van der Waals surface area contributed by atoms with Crippen LogP contribution in [-0.4, -0.2) is 38.4 Å². The highest BCUT2D eigenvalue weighted by molar-refractivity contribution is 5.99. The second-order valence-electron chi connectivity index (χ2n) is 5.13. The Bertz CT molecular complexity index is 488. The van der Waals surface area contributed by atoms with E-state index >= 15 is 0 Å². The van der Waals surface area contributed by atoms with Gasteiger partial charge in [-0.3, -0.25) is 0 Å². The highest BCUT2D eigenvalue weighted by atomic mass is 16.5. The zero-order valence-electron chi connectivity index (χ0n) is 12.8. The van der Waals surface area contributed by atoms with Crippen molar-refractivity contribution in [2.24, 2.45) is 0 Å². The molecule has 21 heavy (non-hydrogen) atoms. The van der Waals surface area contributed by atoms with Crippen LogP contribution in [0.1, 0.15) is 37.0 Å². The van der Waals surface area contributed by atoms with Gasteiger partial charge in [0.1, 0.15) is 0 Å². The smallest absolute Gasteiger partial charge is 0.340 e. The van der Waals surface area contributed by atoms with Gasteiger partial charge in [-0.1, -0.05) is 6.07 Å². The van der Waals surface area contributed by atoms with Crippen molar-refractivity contribution in [3.05, 3.63) is 23.8 Å². The van der Waals surface area contributed by atoms with E-state index in [9.17, 15) is 4.79 Å². The van der Waals surface area contributed by atoms with Crippen LogP contribution in [0.3, 0.4) is 0 Å². The van der Waals surface area contributed by atoms with Crippen LogP contribution in [0.25, 0.3) is 0 Å². The molecule has 116 valence electrons. The lowest BCUT2D eigenvalue weighted by molar-refractivity contribution is 0.0505. The minimum atomic E-state index is -0.321. The van der Waals surface area contributed by atoms with Crippen LogP contribution >= 0.6 is 0 Å². The number of anilines is 2. The van der Waals surface area contributed by atoms with Gasteiger partial charge in [0.05, 0.1) is 29.6 Å². The molecule has 1 saturated heterocycles. The Labute approximate surface area is 126 Å². The lowest BCUT2D eigenvalue weighted by atomic mass is 10.0. The molecule has 1 aromatic carbocycles. The molecule has 5 nitrogen and oxygen atoms in total. The molecule has 1 unspecified atom stereocenters. The summed E-state index contributed by atoms with van der Waals surface area (Å²) in [5, 5.41) is 0. The molecule has 1 aliphatic heterocycles. The van der Waals surface area contributed by atoms with Gasteiger partial charge < -0.3 is 20.1 Å². The van der Waals surface area contributed by atoms with Crippen molar-refractivity contribution in [3.63, 3.8) is 0 Å². The number of carbonyl (C=O) groups excluding carboxylic acids is 1. The lowest BCUT2D eigenvalue weighted by Gasteiger charge is -2.35. The van der Waals surface area contributed by atoms with E-state index in [1.807, 2.05) is 13.0 Å². The van der Waals surface area contributed by atoms with Gasteiger partial charge in [0.2, 0.25) is 0 Å². The summed E-state index contributed by atoms with van der Waals surface area (Å²) in [5.41, 5.74) is 8.04. The van der Waals surface area contributed by atoms with Crippen molar-refractivity contribution >= 4 is 17.3 Å². The number of carbonyl (C=O) groups is 1. The third-order valence-corrected chi connectivity index (χ3v) is 3.66. The molecule has 1 aromatic rings. The monoisotopic (exact) mass is 292 g/mol. The predicted octanol–water partition coefficient (Wildman–Crippen LogP) is 2.45. The van der Waals surface area contributed by atoms with Crippen LogP contribution in [0.15, 0.2) is 18.2 Å². The number of para-hydroxylation sites is 1. The molecule has 0 radical (unpaired) electrons. The Morgan fingerprint density at radius 2 is 2.19 bits per heavy atom. The molecule has 0 spiro atoms. The Kier molecular flexibility index (Phi) is 5.44. The van der Waals surface area contributed by atoms with Crippen molar-refractivity contribution in [2.45, 2.75) is 32.8 Å². The molecule has 0 bridgehead atoms. The Balaban J connectivity index is 2.27. The molecule has 2 rings (SSSR count). The minimum absolute atomic E-state index is 0.193. The fourth-order valence-corrected chi connectivity index (χ4v) is 2.80. The number of esters is 1. The quantitative estimate of drug-likeness (QED) is 0.667. The van der Waals surface area contributed by atoms with Crippen LogP contribution < -0.4 is 10.6 Å². The molecule has 1 atom stereocenters. The summed E-state index contributed by atoms with van der Waals surface area (Å²) in [4.78, 5) is 14.3. The van der Waals surface area contributed by atoms with Gasteiger partial charge in [-0.15, -0.1) is 0 Å². The number of nitrogen functional groups attached to an aromatic ring is 1. The number of nitrogens with two attached hydrogens (primary N) is 1. The second-order valence-corrected chi connectivity index (χ2v) is 5.13. The number of ether oxygens (including phenoxy) is 2. The number of hydrogen-bond donors (Lipinski definition) is 1. The van der Waals surface area contributed by atoms with E-state index in [1.54, 1.807) is 19.1 Å². The SMILES string of the molecule is CCOC(=O)c1cccc(N)c1N1CCCC(OCC)C1. The summed E-state index contributed by atoms with van der Waals surface area (Å²) in [6, 6.07) is 5.38. The van der Waals surface area contributed by atoms with Gasteiger partial charge in [0, 0.05) is 19.7 Å². The van der Waals surface area contributed by atoms with Crippen LogP contribution in [0.5, 0.6) is 0 Å². The number of rotatable bonds is 5. The lowest BCUT2D eigenvalue weighted by Crippen LogP contribution is -2.40. The molecule has 5 heteroatoms. The predicted molar refractivity (Wildman–Crippen MR) is 83.7 cm³/mol. The third-order valence-electron chi connectivity index (χ3n) is 3.66. The van der Waals surface area contributed by atoms with Crippen molar-refractivity contribution in [1.29, 1.82) is 0 Å². The molecular weight excluding hydrogens is 268 g/mol. The number of benzene rings is 1. The van der Waals surface area contributed by atoms with Crippen LogP contribution in [-0.2, 0) is 9.47 Å². The summed E-state index contributed by atoms with van der Waals surface area (Å²) >= 11 is 0. The van der Waals surface area contributed by atoms with Crippen molar-refractivity contribution < 1.29 is 14.3 Å². The van der Waals surface area contributed by atoms with E-state index in [0.29, 0.717) is 24.5 Å². The maximum atomic E-state index is 12.1. The van der Waals surface area contributed by atoms with Crippen molar-refractivity contribution in [1.82, 2.24) is 0 Å². The topological polar surface area (TPSA) is 64.8 Å². The molecule has 1 heterocycles.